The summed E-state index contributed by atoms with van der Waals surface area (Å²) >= 11 is 0. The summed E-state index contributed by atoms with van der Waals surface area (Å²) in [7, 11) is 1.89. The average Bonchev–Trinajstić information content (AvgIpc) is 2.77. The van der Waals surface area contributed by atoms with Crippen molar-refractivity contribution in [3.63, 3.8) is 0 Å². The largest absolute Gasteiger partial charge is 0.334 e. The summed E-state index contributed by atoms with van der Waals surface area (Å²) in [5, 5.41) is 3.12. The number of carbonyl (C=O) groups excluding carboxylic acids is 1. The minimum atomic E-state index is -0.294. The van der Waals surface area contributed by atoms with Crippen molar-refractivity contribution < 1.29 is 9.18 Å². The Morgan fingerprint density at radius 2 is 2.26 bits per heavy atom. The van der Waals surface area contributed by atoms with E-state index in [0.717, 1.165) is 25.9 Å². The molecule has 0 spiro atoms. The average molecular weight is 287 g/mol. The first kappa shape index (κ1) is 15.9. The fraction of sp³-hybridized carbons (Fsp3) is 0.500. The number of amides is 1. The minimum Gasteiger partial charge on any atom is -0.334 e. The van der Waals surface area contributed by atoms with Gasteiger partial charge in [0, 0.05) is 24.7 Å². The number of carbonyl (C=O) groups is 1. The van der Waals surface area contributed by atoms with Crippen LogP contribution in [0.1, 0.15) is 28.8 Å². The Labute approximate surface area is 119 Å². The van der Waals surface area contributed by atoms with Crippen LogP contribution in [0.25, 0.3) is 0 Å². The normalized spacial score (nSPS) is 18.3. The van der Waals surface area contributed by atoms with Crippen LogP contribution in [0.3, 0.4) is 0 Å². The molecule has 1 aromatic rings. The highest BCUT2D eigenvalue weighted by Gasteiger charge is 2.29. The maximum atomic E-state index is 13.1. The van der Waals surface area contributed by atoms with Crippen molar-refractivity contribution in [3.05, 3.63) is 35.1 Å². The summed E-state index contributed by atoms with van der Waals surface area (Å²) in [6.07, 6.45) is 2.07. The number of aryl methyl sites for hydroxylation is 1. The molecule has 3 nitrogen and oxygen atoms in total. The Kier molecular flexibility index (Phi) is 5.76. The van der Waals surface area contributed by atoms with Crippen LogP contribution in [0.4, 0.5) is 4.39 Å². The fourth-order valence-corrected chi connectivity index (χ4v) is 2.57. The van der Waals surface area contributed by atoms with Gasteiger partial charge in [0.25, 0.3) is 5.91 Å². The van der Waals surface area contributed by atoms with Crippen molar-refractivity contribution in [3.8, 4) is 0 Å². The predicted octanol–water partition coefficient (Wildman–Crippen LogP) is 2.38. The Balaban J connectivity index is 0.00000180. The summed E-state index contributed by atoms with van der Waals surface area (Å²) in [5.74, 6) is -0.275. The van der Waals surface area contributed by atoms with Crippen LogP contribution >= 0.6 is 12.4 Å². The predicted molar refractivity (Wildman–Crippen MR) is 76.4 cm³/mol. The monoisotopic (exact) mass is 286 g/mol. The molecule has 0 aliphatic carbocycles. The van der Waals surface area contributed by atoms with Gasteiger partial charge in [-0.05, 0) is 50.6 Å². The first-order chi connectivity index (χ1) is 8.63. The van der Waals surface area contributed by atoms with Crippen LogP contribution in [0.2, 0.25) is 0 Å². The number of nitrogens with zero attached hydrogens (tertiary/aromatic N) is 1. The Morgan fingerprint density at radius 3 is 2.89 bits per heavy atom. The maximum Gasteiger partial charge on any atom is 0.254 e. The molecule has 1 saturated heterocycles. The zero-order valence-corrected chi connectivity index (χ0v) is 12.1. The van der Waals surface area contributed by atoms with Crippen LogP contribution in [0.15, 0.2) is 18.2 Å². The van der Waals surface area contributed by atoms with E-state index in [0.29, 0.717) is 11.1 Å². The molecule has 0 bridgehead atoms. The molecule has 1 atom stereocenters. The van der Waals surface area contributed by atoms with E-state index in [2.05, 4.69) is 5.32 Å². The van der Waals surface area contributed by atoms with Gasteiger partial charge in [-0.25, -0.2) is 4.39 Å². The van der Waals surface area contributed by atoms with Crippen molar-refractivity contribution in [2.75, 3.05) is 20.1 Å². The molecule has 1 unspecified atom stereocenters. The number of likely N-dealkylation sites (tertiary alicyclic amines) is 1. The SMILES string of the molecule is CNCC1CCCN1C(=O)c1ccc(F)cc1C.Cl. The molecule has 1 fully saturated rings. The van der Waals surface area contributed by atoms with Crippen LogP contribution in [-0.4, -0.2) is 37.0 Å². The molecule has 1 aliphatic heterocycles. The molecule has 19 heavy (non-hydrogen) atoms. The molecular weight excluding hydrogens is 267 g/mol. The smallest absolute Gasteiger partial charge is 0.254 e. The fourth-order valence-electron chi connectivity index (χ4n) is 2.57. The van der Waals surface area contributed by atoms with Gasteiger partial charge in [-0.1, -0.05) is 0 Å². The quantitative estimate of drug-likeness (QED) is 0.925. The molecule has 1 heterocycles. The second kappa shape index (κ2) is 6.87. The second-order valence-corrected chi connectivity index (χ2v) is 4.81. The highest BCUT2D eigenvalue weighted by Crippen LogP contribution is 2.21. The lowest BCUT2D eigenvalue weighted by molar-refractivity contribution is 0.0736. The lowest BCUT2D eigenvalue weighted by Crippen LogP contribution is -2.41. The third-order valence-corrected chi connectivity index (χ3v) is 3.50. The van der Waals surface area contributed by atoms with Gasteiger partial charge < -0.3 is 10.2 Å². The lowest BCUT2D eigenvalue weighted by atomic mass is 10.1. The van der Waals surface area contributed by atoms with Crippen LogP contribution in [0, 0.1) is 12.7 Å². The summed E-state index contributed by atoms with van der Waals surface area (Å²) in [5.41, 5.74) is 1.31. The molecule has 0 saturated carbocycles. The van der Waals surface area contributed by atoms with Gasteiger partial charge >= 0.3 is 0 Å². The first-order valence-electron chi connectivity index (χ1n) is 6.35. The van der Waals surface area contributed by atoms with Crippen LogP contribution in [-0.2, 0) is 0 Å². The van der Waals surface area contributed by atoms with Crippen molar-refractivity contribution in [1.29, 1.82) is 0 Å². The zero-order chi connectivity index (χ0) is 13.1. The summed E-state index contributed by atoms with van der Waals surface area (Å²) in [6, 6.07) is 4.61. The number of hydrogen-bond donors (Lipinski definition) is 1. The van der Waals surface area contributed by atoms with Gasteiger partial charge in [-0.3, -0.25) is 4.79 Å². The standard InChI is InChI=1S/C14H19FN2O.ClH/c1-10-8-11(15)5-6-13(10)14(18)17-7-3-4-12(17)9-16-2;/h5-6,8,12,16H,3-4,7,9H2,1-2H3;1H. The van der Waals surface area contributed by atoms with Crippen molar-refractivity contribution in [1.82, 2.24) is 10.2 Å². The van der Waals surface area contributed by atoms with E-state index >= 15 is 0 Å². The summed E-state index contributed by atoms with van der Waals surface area (Å²) in [6.45, 7) is 3.38. The number of hydrogen-bond acceptors (Lipinski definition) is 2. The molecule has 2 rings (SSSR count). The summed E-state index contributed by atoms with van der Waals surface area (Å²) < 4.78 is 13.1. The van der Waals surface area contributed by atoms with Crippen molar-refractivity contribution >= 4 is 18.3 Å². The van der Waals surface area contributed by atoms with Gasteiger partial charge in [0.2, 0.25) is 0 Å². The second-order valence-electron chi connectivity index (χ2n) is 4.81. The molecule has 106 valence electrons. The molecule has 5 heteroatoms. The lowest BCUT2D eigenvalue weighted by Gasteiger charge is -2.25. The minimum absolute atomic E-state index is 0. The van der Waals surface area contributed by atoms with Gasteiger partial charge in [-0.15, -0.1) is 12.4 Å². The van der Waals surface area contributed by atoms with Gasteiger partial charge in [0.1, 0.15) is 5.82 Å². The van der Waals surface area contributed by atoms with Gasteiger partial charge in [0.15, 0.2) is 0 Å². The van der Waals surface area contributed by atoms with E-state index in [4.69, 9.17) is 0 Å². The van der Waals surface area contributed by atoms with E-state index in [1.165, 1.54) is 12.1 Å². The molecule has 1 N–H and O–H groups in total. The maximum absolute atomic E-state index is 13.1. The van der Waals surface area contributed by atoms with Crippen molar-refractivity contribution in [2.45, 2.75) is 25.8 Å². The number of halogens is 2. The Morgan fingerprint density at radius 1 is 1.53 bits per heavy atom. The van der Waals surface area contributed by atoms with Gasteiger partial charge in [0.05, 0.1) is 0 Å². The molecule has 1 amide bonds. The van der Waals surface area contributed by atoms with Crippen LogP contribution < -0.4 is 5.32 Å². The molecule has 0 aromatic heterocycles. The Bertz CT molecular complexity index is 453. The van der Waals surface area contributed by atoms with E-state index in [1.54, 1.807) is 13.0 Å². The molecular formula is C14H20ClFN2O. The third kappa shape index (κ3) is 3.45. The zero-order valence-electron chi connectivity index (χ0n) is 11.3. The number of nitrogens with one attached hydrogen (secondary N) is 1. The van der Waals surface area contributed by atoms with E-state index < -0.39 is 0 Å². The van der Waals surface area contributed by atoms with Gasteiger partial charge in [-0.2, -0.15) is 0 Å². The topological polar surface area (TPSA) is 32.3 Å². The molecule has 0 radical (unpaired) electrons. The van der Waals surface area contributed by atoms with Crippen LogP contribution in [0.5, 0.6) is 0 Å². The highest BCUT2D eigenvalue weighted by atomic mass is 35.5. The number of benzene rings is 1. The summed E-state index contributed by atoms with van der Waals surface area (Å²) in [4.78, 5) is 14.3. The number of likely N-dealkylation sites (N-methyl/N-ethyl adjacent to an activating group) is 1. The van der Waals surface area contributed by atoms with E-state index in [-0.39, 0.29) is 30.2 Å². The highest BCUT2D eigenvalue weighted by molar-refractivity contribution is 5.96. The van der Waals surface area contributed by atoms with E-state index in [1.807, 2.05) is 11.9 Å². The Hall–Kier alpha value is -1.13. The third-order valence-electron chi connectivity index (χ3n) is 3.50. The first-order valence-corrected chi connectivity index (χ1v) is 6.35. The number of rotatable bonds is 3. The molecule has 1 aromatic carbocycles. The molecule has 1 aliphatic rings. The van der Waals surface area contributed by atoms with Crippen molar-refractivity contribution in [2.24, 2.45) is 0 Å². The van der Waals surface area contributed by atoms with E-state index in [9.17, 15) is 9.18 Å².